The van der Waals surface area contributed by atoms with Gasteiger partial charge >= 0.3 is 0 Å². The maximum absolute atomic E-state index is 5.67. The molecule has 0 aliphatic carbocycles. The van der Waals surface area contributed by atoms with Gasteiger partial charge in [0.2, 0.25) is 0 Å². The summed E-state index contributed by atoms with van der Waals surface area (Å²) in [5.74, 6) is 0.763. The Morgan fingerprint density at radius 1 is 1.06 bits per heavy atom. The third-order valence-electron chi connectivity index (χ3n) is 2.11. The van der Waals surface area contributed by atoms with Crippen LogP contribution in [0, 0.1) is 0 Å². The van der Waals surface area contributed by atoms with Crippen LogP contribution in [0.4, 0.5) is 0 Å². The Morgan fingerprint density at radius 3 is 2.25 bits per heavy atom. The predicted octanol–water partition coefficient (Wildman–Crippen LogP) is 2.89. The highest BCUT2D eigenvalue weighted by atomic mass is 16.3. The molecule has 0 aliphatic rings. The summed E-state index contributed by atoms with van der Waals surface area (Å²) in [5.41, 5.74) is 1.79. The van der Waals surface area contributed by atoms with E-state index in [0.29, 0.717) is 0 Å². The summed E-state index contributed by atoms with van der Waals surface area (Å²) >= 11 is 0. The van der Waals surface area contributed by atoms with Gasteiger partial charge in [-0.3, -0.25) is 0 Å². The molecule has 0 amide bonds. The largest absolute Gasteiger partial charge is 0.456 e. The molecule has 0 saturated heterocycles. The van der Waals surface area contributed by atoms with Crippen LogP contribution in [0.3, 0.4) is 0 Å². The Labute approximate surface area is 96.1 Å². The predicted molar refractivity (Wildman–Crippen MR) is 72.1 cm³/mol. The van der Waals surface area contributed by atoms with Crippen LogP contribution in [0.1, 0.15) is 18.2 Å². The second-order valence-electron chi connectivity index (χ2n) is 3.17. The van der Waals surface area contributed by atoms with Gasteiger partial charge in [-0.1, -0.05) is 50.1 Å². The highest BCUT2D eigenvalue weighted by Gasteiger charge is 2.04. The van der Waals surface area contributed by atoms with E-state index in [1.807, 2.05) is 31.2 Å². The third kappa shape index (κ3) is 2.31. The van der Waals surface area contributed by atoms with Gasteiger partial charge in [0, 0.05) is 10.8 Å². The van der Waals surface area contributed by atoms with Gasteiger partial charge in [-0.25, -0.2) is 0 Å². The van der Waals surface area contributed by atoms with Crippen LogP contribution < -0.4 is 10.6 Å². The van der Waals surface area contributed by atoms with Crippen LogP contribution >= 0.6 is 0 Å². The number of hydrogen-bond acceptors (Lipinski definition) is 1. The molecule has 0 spiro atoms. The first-order chi connectivity index (χ1) is 7.78. The molecule has 1 nitrogen and oxygen atoms in total. The van der Waals surface area contributed by atoms with Gasteiger partial charge in [0.1, 0.15) is 11.2 Å². The first kappa shape index (κ1) is 12.1. The van der Waals surface area contributed by atoms with Gasteiger partial charge < -0.3 is 4.42 Å². The average molecular weight is 212 g/mol. The molecule has 1 aromatic rings. The molecule has 82 valence electrons. The minimum atomic E-state index is 0.763. The maximum atomic E-state index is 5.67. The van der Waals surface area contributed by atoms with Crippen molar-refractivity contribution in [1.29, 1.82) is 0 Å². The Bertz CT molecular complexity index is 539. The SMILES string of the molecule is C=C/C=c1/c(/C=C\C)c(C=C)o/c1=C/C=C. The molecule has 0 fully saturated rings. The molecule has 16 heavy (non-hydrogen) atoms. The molecule has 0 saturated carbocycles. The highest BCUT2D eigenvalue weighted by molar-refractivity contribution is 5.64. The van der Waals surface area contributed by atoms with Gasteiger partial charge in [-0.2, -0.15) is 0 Å². The van der Waals surface area contributed by atoms with Crippen LogP contribution in [0.25, 0.3) is 24.3 Å². The summed E-state index contributed by atoms with van der Waals surface area (Å²) in [4.78, 5) is 0. The molecule has 0 radical (unpaired) electrons. The van der Waals surface area contributed by atoms with Gasteiger partial charge in [-0.05, 0) is 19.1 Å². The standard InChI is InChI=1S/C15H16O/c1-5-9-12-13(10-6-2)15(11-7-3)16-14(12)8-4/h5-11H,2-4H2,1H3/b9-5-,13-10-,15-11+. The van der Waals surface area contributed by atoms with E-state index < -0.39 is 0 Å². The molecule has 0 atom stereocenters. The van der Waals surface area contributed by atoms with E-state index in [-0.39, 0.29) is 0 Å². The summed E-state index contributed by atoms with van der Waals surface area (Å²) in [6.45, 7) is 13.1. The topological polar surface area (TPSA) is 13.1 Å². The quantitative estimate of drug-likeness (QED) is 0.748. The lowest BCUT2D eigenvalue weighted by molar-refractivity contribution is 0.522. The molecule has 1 aromatic heterocycles. The van der Waals surface area contributed by atoms with Crippen LogP contribution in [-0.2, 0) is 0 Å². The molecule has 0 N–H and O–H groups in total. The Hall–Kier alpha value is -2.02. The molecule has 0 aliphatic heterocycles. The van der Waals surface area contributed by atoms with Gasteiger partial charge in [0.25, 0.3) is 0 Å². The fourth-order valence-corrected chi connectivity index (χ4v) is 1.50. The van der Waals surface area contributed by atoms with Crippen molar-refractivity contribution < 1.29 is 4.42 Å². The van der Waals surface area contributed by atoms with E-state index in [4.69, 9.17) is 4.42 Å². The second kappa shape index (κ2) is 5.76. The monoisotopic (exact) mass is 212 g/mol. The van der Waals surface area contributed by atoms with Gasteiger partial charge in [0.15, 0.2) is 0 Å². The van der Waals surface area contributed by atoms with Crippen molar-refractivity contribution in [3.63, 3.8) is 0 Å². The summed E-state index contributed by atoms with van der Waals surface area (Å²) < 4.78 is 5.67. The lowest BCUT2D eigenvalue weighted by atomic mass is 10.1. The maximum Gasteiger partial charge on any atom is 0.135 e. The van der Waals surface area contributed by atoms with Crippen molar-refractivity contribution in [3.05, 3.63) is 59.9 Å². The Balaban J connectivity index is 3.75. The lowest BCUT2D eigenvalue weighted by Gasteiger charge is -1.87. The minimum Gasteiger partial charge on any atom is -0.456 e. The van der Waals surface area contributed by atoms with Crippen molar-refractivity contribution in [2.45, 2.75) is 6.92 Å². The molecule has 1 heterocycles. The zero-order valence-electron chi connectivity index (χ0n) is 9.57. The first-order valence-electron chi connectivity index (χ1n) is 5.12. The van der Waals surface area contributed by atoms with E-state index in [0.717, 1.165) is 22.0 Å². The van der Waals surface area contributed by atoms with E-state index in [1.54, 1.807) is 18.2 Å². The fraction of sp³-hybridized carbons (Fsp3) is 0.0667. The Kier molecular flexibility index (Phi) is 4.34. The van der Waals surface area contributed by atoms with Crippen LogP contribution in [-0.4, -0.2) is 0 Å². The smallest absolute Gasteiger partial charge is 0.135 e. The fourth-order valence-electron chi connectivity index (χ4n) is 1.50. The highest BCUT2D eigenvalue weighted by Crippen LogP contribution is 2.06. The summed E-state index contributed by atoms with van der Waals surface area (Å²) in [6.07, 6.45) is 12.9. The molecule has 1 heteroatoms. The molecule has 0 aromatic carbocycles. The van der Waals surface area contributed by atoms with Crippen LogP contribution in [0.15, 0.2) is 42.4 Å². The zero-order chi connectivity index (χ0) is 12.0. The van der Waals surface area contributed by atoms with Crippen LogP contribution in [0.2, 0.25) is 0 Å². The normalized spacial score (nSPS) is 13.3. The Morgan fingerprint density at radius 2 is 1.75 bits per heavy atom. The van der Waals surface area contributed by atoms with E-state index in [9.17, 15) is 0 Å². The van der Waals surface area contributed by atoms with E-state index in [2.05, 4.69) is 19.7 Å². The summed E-state index contributed by atoms with van der Waals surface area (Å²) in [5, 5.41) is 1.00. The first-order valence-corrected chi connectivity index (χ1v) is 5.12. The molecule has 0 unspecified atom stereocenters. The number of hydrogen-bond donors (Lipinski definition) is 0. The van der Waals surface area contributed by atoms with Crippen LogP contribution in [0.5, 0.6) is 0 Å². The number of allylic oxidation sites excluding steroid dienone is 3. The molecular weight excluding hydrogens is 196 g/mol. The zero-order valence-corrected chi connectivity index (χ0v) is 9.57. The lowest BCUT2D eigenvalue weighted by Crippen LogP contribution is -2.20. The summed E-state index contributed by atoms with van der Waals surface area (Å²) in [6, 6.07) is 0. The number of rotatable bonds is 4. The van der Waals surface area contributed by atoms with Crippen molar-refractivity contribution in [2.75, 3.05) is 0 Å². The third-order valence-corrected chi connectivity index (χ3v) is 2.11. The average Bonchev–Trinajstić information content (AvgIpc) is 2.60. The van der Waals surface area contributed by atoms with Crippen molar-refractivity contribution in [2.24, 2.45) is 0 Å². The van der Waals surface area contributed by atoms with Crippen molar-refractivity contribution in [3.8, 4) is 0 Å². The molecular formula is C15H16O. The van der Waals surface area contributed by atoms with E-state index >= 15 is 0 Å². The second-order valence-corrected chi connectivity index (χ2v) is 3.17. The van der Waals surface area contributed by atoms with Gasteiger partial charge in [-0.15, -0.1) is 0 Å². The minimum absolute atomic E-state index is 0.763. The molecule has 0 bridgehead atoms. The van der Waals surface area contributed by atoms with E-state index in [1.165, 1.54) is 0 Å². The number of furan rings is 1. The molecule has 1 rings (SSSR count). The van der Waals surface area contributed by atoms with Crippen molar-refractivity contribution >= 4 is 24.3 Å². The van der Waals surface area contributed by atoms with Gasteiger partial charge in [0.05, 0.1) is 0 Å². The summed E-state index contributed by atoms with van der Waals surface area (Å²) in [7, 11) is 0. The van der Waals surface area contributed by atoms with Crippen molar-refractivity contribution in [1.82, 2.24) is 0 Å².